The maximum atomic E-state index is 12.3. The van der Waals surface area contributed by atoms with E-state index in [-0.39, 0.29) is 17.9 Å². The van der Waals surface area contributed by atoms with Crippen molar-refractivity contribution in [1.82, 2.24) is 24.9 Å². The molecule has 7 heteroatoms. The number of nitrogens with one attached hydrogen (secondary N) is 1. The van der Waals surface area contributed by atoms with Gasteiger partial charge in [0, 0.05) is 45.8 Å². The molecule has 2 rings (SSSR count). The third-order valence-corrected chi connectivity index (χ3v) is 3.88. The standard InChI is InChI=1S/C14H23N5O2/c1-11-4-6-19(16-11)7-5-13(20)18-9-8-17(3)12(10-18)14(21)15-2/h4,6,12H,5,7-10H2,1-3H3,(H,15,21). The summed E-state index contributed by atoms with van der Waals surface area (Å²) in [6.07, 6.45) is 2.28. The first kappa shape index (κ1) is 15.5. The number of carbonyl (C=O) groups is 2. The van der Waals surface area contributed by atoms with E-state index in [0.717, 1.165) is 5.69 Å². The van der Waals surface area contributed by atoms with Gasteiger partial charge in [0.15, 0.2) is 0 Å². The zero-order chi connectivity index (χ0) is 15.4. The predicted molar refractivity (Wildman–Crippen MR) is 78.6 cm³/mol. The lowest BCUT2D eigenvalue weighted by atomic mass is 10.1. The van der Waals surface area contributed by atoms with E-state index in [4.69, 9.17) is 0 Å². The van der Waals surface area contributed by atoms with Gasteiger partial charge in [-0.1, -0.05) is 0 Å². The Labute approximate surface area is 124 Å². The monoisotopic (exact) mass is 293 g/mol. The van der Waals surface area contributed by atoms with Crippen molar-refractivity contribution in [3.8, 4) is 0 Å². The van der Waals surface area contributed by atoms with Crippen LogP contribution in [0.5, 0.6) is 0 Å². The van der Waals surface area contributed by atoms with Crippen LogP contribution in [0.15, 0.2) is 12.3 Å². The Bertz CT molecular complexity index is 513. The van der Waals surface area contributed by atoms with Crippen molar-refractivity contribution in [3.63, 3.8) is 0 Å². The Kier molecular flexibility index (Phi) is 4.95. The van der Waals surface area contributed by atoms with Crippen molar-refractivity contribution in [2.24, 2.45) is 0 Å². The molecular formula is C14H23N5O2. The van der Waals surface area contributed by atoms with Crippen LogP contribution in [-0.4, -0.2) is 71.2 Å². The van der Waals surface area contributed by atoms with Gasteiger partial charge in [0.2, 0.25) is 11.8 Å². The molecule has 0 saturated carbocycles. The van der Waals surface area contributed by atoms with Gasteiger partial charge in [-0.3, -0.25) is 19.2 Å². The van der Waals surface area contributed by atoms with Gasteiger partial charge < -0.3 is 10.2 Å². The van der Waals surface area contributed by atoms with Crippen LogP contribution in [0.25, 0.3) is 0 Å². The molecule has 1 N–H and O–H groups in total. The van der Waals surface area contributed by atoms with Gasteiger partial charge in [-0.05, 0) is 20.0 Å². The highest BCUT2D eigenvalue weighted by Crippen LogP contribution is 2.10. The second-order valence-corrected chi connectivity index (χ2v) is 5.42. The first-order chi connectivity index (χ1) is 10.0. The number of likely N-dealkylation sites (N-methyl/N-ethyl adjacent to an activating group) is 2. The first-order valence-electron chi connectivity index (χ1n) is 7.21. The van der Waals surface area contributed by atoms with Crippen LogP contribution in [-0.2, 0) is 16.1 Å². The average molecular weight is 293 g/mol. The van der Waals surface area contributed by atoms with Gasteiger partial charge in [-0.15, -0.1) is 0 Å². The summed E-state index contributed by atoms with van der Waals surface area (Å²) < 4.78 is 1.78. The summed E-state index contributed by atoms with van der Waals surface area (Å²) in [4.78, 5) is 27.9. The molecule has 0 radical (unpaired) electrons. The van der Waals surface area contributed by atoms with E-state index in [1.165, 1.54) is 0 Å². The van der Waals surface area contributed by atoms with E-state index in [0.29, 0.717) is 32.6 Å². The summed E-state index contributed by atoms with van der Waals surface area (Å²) in [7, 11) is 3.53. The summed E-state index contributed by atoms with van der Waals surface area (Å²) in [5, 5.41) is 6.92. The quantitative estimate of drug-likeness (QED) is 0.810. The number of nitrogens with zero attached hydrogens (tertiary/aromatic N) is 4. The second-order valence-electron chi connectivity index (χ2n) is 5.42. The minimum Gasteiger partial charge on any atom is -0.358 e. The number of amides is 2. The normalized spacial score (nSPS) is 19.6. The second kappa shape index (κ2) is 6.71. The van der Waals surface area contributed by atoms with Gasteiger partial charge in [0.1, 0.15) is 6.04 Å². The molecule has 0 bridgehead atoms. The van der Waals surface area contributed by atoms with Crippen LogP contribution in [0, 0.1) is 6.92 Å². The van der Waals surface area contributed by atoms with Gasteiger partial charge in [0.05, 0.1) is 5.69 Å². The van der Waals surface area contributed by atoms with E-state index in [1.807, 2.05) is 31.1 Å². The maximum absolute atomic E-state index is 12.3. The fourth-order valence-corrected chi connectivity index (χ4v) is 2.51. The Morgan fingerprint density at radius 1 is 1.43 bits per heavy atom. The Balaban J connectivity index is 1.88. The molecule has 2 heterocycles. The third-order valence-electron chi connectivity index (χ3n) is 3.88. The highest BCUT2D eigenvalue weighted by Gasteiger charge is 2.31. The summed E-state index contributed by atoms with van der Waals surface area (Å²) >= 11 is 0. The van der Waals surface area contributed by atoms with Crippen LogP contribution < -0.4 is 5.32 Å². The highest BCUT2D eigenvalue weighted by atomic mass is 16.2. The van der Waals surface area contributed by atoms with Crippen molar-refractivity contribution in [2.45, 2.75) is 25.9 Å². The van der Waals surface area contributed by atoms with Gasteiger partial charge in [-0.2, -0.15) is 5.10 Å². The van der Waals surface area contributed by atoms with Crippen LogP contribution in [0.4, 0.5) is 0 Å². The van der Waals surface area contributed by atoms with Crippen LogP contribution in [0.3, 0.4) is 0 Å². The molecule has 2 amide bonds. The zero-order valence-electron chi connectivity index (χ0n) is 12.9. The molecular weight excluding hydrogens is 270 g/mol. The van der Waals surface area contributed by atoms with E-state index >= 15 is 0 Å². The van der Waals surface area contributed by atoms with Crippen LogP contribution in [0.1, 0.15) is 12.1 Å². The Hall–Kier alpha value is -1.89. The zero-order valence-corrected chi connectivity index (χ0v) is 12.9. The molecule has 21 heavy (non-hydrogen) atoms. The van der Waals surface area contributed by atoms with E-state index in [9.17, 15) is 9.59 Å². The molecule has 1 aromatic heterocycles. The highest BCUT2D eigenvalue weighted by molar-refractivity contribution is 5.83. The molecule has 1 unspecified atom stereocenters. The average Bonchev–Trinajstić information content (AvgIpc) is 2.90. The lowest BCUT2D eigenvalue weighted by Gasteiger charge is -2.38. The minimum atomic E-state index is -0.264. The number of aromatic nitrogens is 2. The molecule has 0 aliphatic carbocycles. The number of hydrogen-bond donors (Lipinski definition) is 1. The predicted octanol–water partition coefficient (Wildman–Crippen LogP) is -0.530. The fourth-order valence-electron chi connectivity index (χ4n) is 2.51. The molecule has 1 aromatic rings. The van der Waals surface area contributed by atoms with Gasteiger partial charge >= 0.3 is 0 Å². The number of aryl methyl sites for hydroxylation is 2. The number of hydrogen-bond acceptors (Lipinski definition) is 4. The third kappa shape index (κ3) is 3.81. The number of rotatable bonds is 4. The largest absolute Gasteiger partial charge is 0.358 e. The summed E-state index contributed by atoms with van der Waals surface area (Å²) in [5.41, 5.74) is 0.946. The van der Waals surface area contributed by atoms with E-state index < -0.39 is 0 Å². The van der Waals surface area contributed by atoms with Crippen molar-refractivity contribution in [3.05, 3.63) is 18.0 Å². The molecule has 1 saturated heterocycles. The molecule has 0 spiro atoms. The molecule has 1 atom stereocenters. The number of piperazine rings is 1. The molecule has 1 aliphatic heterocycles. The summed E-state index contributed by atoms with van der Waals surface area (Å²) in [6.45, 7) is 4.33. The van der Waals surface area contributed by atoms with E-state index in [1.54, 1.807) is 16.6 Å². The van der Waals surface area contributed by atoms with Crippen molar-refractivity contribution in [1.29, 1.82) is 0 Å². The maximum Gasteiger partial charge on any atom is 0.238 e. The fraction of sp³-hybridized carbons (Fsp3) is 0.643. The van der Waals surface area contributed by atoms with Crippen molar-refractivity contribution < 1.29 is 9.59 Å². The SMILES string of the molecule is CNC(=O)C1CN(C(=O)CCn2ccc(C)n2)CCN1C. The van der Waals surface area contributed by atoms with E-state index in [2.05, 4.69) is 10.4 Å². The molecule has 1 aliphatic rings. The Morgan fingerprint density at radius 3 is 2.81 bits per heavy atom. The minimum absolute atomic E-state index is 0.0438. The lowest BCUT2D eigenvalue weighted by Crippen LogP contribution is -2.58. The van der Waals surface area contributed by atoms with Crippen molar-refractivity contribution in [2.75, 3.05) is 33.7 Å². The molecule has 7 nitrogen and oxygen atoms in total. The smallest absolute Gasteiger partial charge is 0.238 e. The summed E-state index contributed by atoms with van der Waals surface area (Å²) in [5.74, 6) is 0.0304. The summed E-state index contributed by atoms with van der Waals surface area (Å²) in [6, 6.07) is 1.65. The van der Waals surface area contributed by atoms with Gasteiger partial charge in [-0.25, -0.2) is 0 Å². The van der Waals surface area contributed by atoms with Crippen LogP contribution in [0.2, 0.25) is 0 Å². The van der Waals surface area contributed by atoms with Crippen LogP contribution >= 0.6 is 0 Å². The topological polar surface area (TPSA) is 70.5 Å². The van der Waals surface area contributed by atoms with Crippen molar-refractivity contribution >= 4 is 11.8 Å². The Morgan fingerprint density at radius 2 is 2.19 bits per heavy atom. The van der Waals surface area contributed by atoms with Gasteiger partial charge in [0.25, 0.3) is 0 Å². The molecule has 1 fully saturated rings. The number of carbonyl (C=O) groups excluding carboxylic acids is 2. The first-order valence-corrected chi connectivity index (χ1v) is 7.21. The molecule has 116 valence electrons. The molecule has 0 aromatic carbocycles. The lowest BCUT2D eigenvalue weighted by molar-refractivity contribution is -0.137.